The molecule has 6 rings (SSSR count). The van der Waals surface area contributed by atoms with E-state index in [9.17, 15) is 24.3 Å². The maximum Gasteiger partial charge on any atom is 0.345 e. The zero-order chi connectivity index (χ0) is 29.0. The van der Waals surface area contributed by atoms with E-state index >= 15 is 0 Å². The van der Waals surface area contributed by atoms with Gasteiger partial charge in [0.2, 0.25) is 11.0 Å². The van der Waals surface area contributed by atoms with Crippen molar-refractivity contribution < 1.29 is 33.6 Å². The molecule has 0 fully saturated rings. The molecular formula is C33H25N2O6+. The standard InChI is InChI=1S/C33H24N2O6/c1-18-14-21(32(38)39)15-19(2)29(18)41-33(40)28-24-10-6-7-11-26(24)34(3)27-16-20(12-13-25(27)28)17-35-30(36)22-8-4-5-9-23(22)31(35)37/h4-16H,17H2,1-3H3/p+1. The number of para-hydroxylation sites is 1. The number of carbonyl (C=O) groups excluding carboxylic acids is 3. The minimum Gasteiger partial charge on any atom is -0.478 e. The third-order valence-corrected chi connectivity index (χ3v) is 7.55. The number of aromatic carboxylic acids is 1. The number of carboxylic acids is 1. The molecule has 0 spiro atoms. The lowest BCUT2D eigenvalue weighted by molar-refractivity contribution is -0.617. The molecule has 0 unspecified atom stereocenters. The second-order valence-electron chi connectivity index (χ2n) is 10.2. The number of hydrogen-bond donors (Lipinski definition) is 1. The summed E-state index contributed by atoms with van der Waals surface area (Å²) in [7, 11) is 1.89. The van der Waals surface area contributed by atoms with Crippen molar-refractivity contribution in [3.05, 3.63) is 118 Å². The van der Waals surface area contributed by atoms with Crippen molar-refractivity contribution in [3.63, 3.8) is 0 Å². The quantitative estimate of drug-likeness (QED) is 0.108. The van der Waals surface area contributed by atoms with Crippen molar-refractivity contribution in [2.75, 3.05) is 0 Å². The molecule has 1 N–H and O–H groups in total. The number of carbonyl (C=O) groups is 4. The number of benzene rings is 4. The van der Waals surface area contributed by atoms with Crippen LogP contribution in [0.3, 0.4) is 0 Å². The smallest absolute Gasteiger partial charge is 0.345 e. The molecule has 1 aromatic heterocycles. The molecule has 1 aliphatic heterocycles. The van der Waals surface area contributed by atoms with Gasteiger partial charge in [-0.15, -0.1) is 0 Å². The van der Waals surface area contributed by atoms with Crippen LogP contribution >= 0.6 is 0 Å². The fraction of sp³-hybridized carbons (Fsp3) is 0.121. The van der Waals surface area contributed by atoms with E-state index in [1.807, 2.05) is 41.9 Å². The van der Waals surface area contributed by atoms with Gasteiger partial charge < -0.3 is 9.84 Å². The third-order valence-electron chi connectivity index (χ3n) is 7.55. The molecule has 0 radical (unpaired) electrons. The summed E-state index contributed by atoms with van der Waals surface area (Å²) in [6.07, 6.45) is 0. The Bertz CT molecular complexity index is 1920. The minimum absolute atomic E-state index is 0.0865. The van der Waals surface area contributed by atoms with Crippen molar-refractivity contribution in [2.45, 2.75) is 20.4 Å². The molecule has 8 heteroatoms. The van der Waals surface area contributed by atoms with Gasteiger partial charge in [-0.2, -0.15) is 4.57 Å². The molecule has 2 amide bonds. The van der Waals surface area contributed by atoms with Gasteiger partial charge in [-0.1, -0.05) is 30.3 Å². The lowest BCUT2D eigenvalue weighted by Crippen LogP contribution is -2.32. The first-order chi connectivity index (χ1) is 19.7. The lowest BCUT2D eigenvalue weighted by atomic mass is 10.00. The van der Waals surface area contributed by atoms with E-state index < -0.39 is 11.9 Å². The molecule has 0 saturated heterocycles. The zero-order valence-corrected chi connectivity index (χ0v) is 22.6. The Morgan fingerprint density at radius 1 is 0.805 bits per heavy atom. The Balaban J connectivity index is 1.43. The first-order valence-electron chi connectivity index (χ1n) is 13.0. The van der Waals surface area contributed by atoms with E-state index in [0.29, 0.717) is 44.3 Å². The maximum absolute atomic E-state index is 13.8. The lowest BCUT2D eigenvalue weighted by Gasteiger charge is -2.16. The molecular weight excluding hydrogens is 520 g/mol. The van der Waals surface area contributed by atoms with Crippen LogP contribution in [0, 0.1) is 13.8 Å². The fourth-order valence-electron chi connectivity index (χ4n) is 5.58. The van der Waals surface area contributed by atoms with Gasteiger partial charge in [0, 0.05) is 12.1 Å². The van der Waals surface area contributed by atoms with E-state index in [1.54, 1.807) is 50.2 Å². The van der Waals surface area contributed by atoms with Gasteiger partial charge in [-0.3, -0.25) is 14.5 Å². The number of pyridine rings is 1. The number of nitrogens with zero attached hydrogens (tertiary/aromatic N) is 2. The summed E-state index contributed by atoms with van der Waals surface area (Å²) in [5.74, 6) is -1.99. The Kier molecular flexibility index (Phi) is 6.11. The zero-order valence-electron chi connectivity index (χ0n) is 22.6. The van der Waals surface area contributed by atoms with Crippen molar-refractivity contribution in [1.29, 1.82) is 0 Å². The molecule has 5 aromatic rings. The van der Waals surface area contributed by atoms with Crippen molar-refractivity contribution in [3.8, 4) is 5.75 Å². The number of ether oxygens (including phenoxy) is 1. The summed E-state index contributed by atoms with van der Waals surface area (Å²) in [5.41, 5.74) is 4.58. The van der Waals surface area contributed by atoms with Crippen LogP contribution in [0.4, 0.5) is 0 Å². The number of carboxylic acid groups (broad SMARTS) is 1. The Hall–Kier alpha value is -5.37. The fourth-order valence-corrected chi connectivity index (χ4v) is 5.58. The van der Waals surface area contributed by atoms with E-state index in [-0.39, 0.29) is 23.9 Å². The molecule has 41 heavy (non-hydrogen) atoms. The van der Waals surface area contributed by atoms with Gasteiger partial charge in [0.15, 0.2) is 0 Å². The van der Waals surface area contributed by atoms with E-state index in [0.717, 1.165) is 16.6 Å². The summed E-state index contributed by atoms with van der Waals surface area (Å²) < 4.78 is 7.88. The summed E-state index contributed by atoms with van der Waals surface area (Å²) in [6, 6.07) is 22.7. The number of fused-ring (bicyclic) bond motifs is 3. The van der Waals surface area contributed by atoms with E-state index in [1.165, 1.54) is 17.0 Å². The average Bonchev–Trinajstić information content (AvgIpc) is 3.20. The summed E-state index contributed by atoms with van der Waals surface area (Å²) in [5, 5.41) is 10.7. The highest BCUT2D eigenvalue weighted by Crippen LogP contribution is 2.31. The summed E-state index contributed by atoms with van der Waals surface area (Å²) >= 11 is 0. The topological polar surface area (TPSA) is 105 Å². The number of aryl methyl sites for hydroxylation is 3. The first kappa shape index (κ1) is 25.9. The van der Waals surface area contributed by atoms with Gasteiger partial charge >= 0.3 is 11.9 Å². The molecule has 1 aliphatic rings. The van der Waals surface area contributed by atoms with Gasteiger partial charge in [-0.25, -0.2) is 9.59 Å². The molecule has 8 nitrogen and oxygen atoms in total. The van der Waals surface area contributed by atoms with Crippen molar-refractivity contribution >= 4 is 45.6 Å². The molecule has 0 saturated carbocycles. The van der Waals surface area contributed by atoms with Crippen LogP contribution in [-0.4, -0.2) is 33.8 Å². The predicted molar refractivity (Wildman–Crippen MR) is 151 cm³/mol. The van der Waals surface area contributed by atoms with Crippen LogP contribution in [0.2, 0.25) is 0 Å². The van der Waals surface area contributed by atoms with Gasteiger partial charge in [-0.05, 0) is 66.9 Å². The first-order valence-corrected chi connectivity index (χ1v) is 13.0. The molecule has 202 valence electrons. The van der Waals surface area contributed by atoms with Crippen LogP contribution in [0.5, 0.6) is 5.75 Å². The number of rotatable bonds is 5. The van der Waals surface area contributed by atoms with Crippen LogP contribution in [0.25, 0.3) is 21.8 Å². The number of esters is 1. The largest absolute Gasteiger partial charge is 0.478 e. The average molecular weight is 546 g/mol. The predicted octanol–water partition coefficient (Wildman–Crippen LogP) is 5.15. The second-order valence-corrected chi connectivity index (χ2v) is 10.2. The molecule has 2 heterocycles. The summed E-state index contributed by atoms with van der Waals surface area (Å²) in [4.78, 5) is 52.4. The van der Waals surface area contributed by atoms with Crippen LogP contribution in [-0.2, 0) is 13.6 Å². The Morgan fingerprint density at radius 2 is 1.39 bits per heavy atom. The van der Waals surface area contributed by atoms with Crippen LogP contribution < -0.4 is 9.30 Å². The third kappa shape index (κ3) is 4.21. The summed E-state index contributed by atoms with van der Waals surface area (Å²) in [6.45, 7) is 3.49. The highest BCUT2D eigenvalue weighted by molar-refractivity contribution is 6.21. The van der Waals surface area contributed by atoms with Crippen molar-refractivity contribution in [2.24, 2.45) is 7.05 Å². The normalized spacial score (nSPS) is 12.7. The minimum atomic E-state index is -1.06. The Labute approximate surface area is 235 Å². The SMILES string of the molecule is Cc1cc(C(=O)O)cc(C)c1OC(=O)c1c2ccccc2[n+](C)c2cc(CN3C(=O)c4ccccc4C3=O)ccc12. The van der Waals surface area contributed by atoms with Crippen LogP contribution in [0.1, 0.15) is 58.1 Å². The van der Waals surface area contributed by atoms with Gasteiger partial charge in [0.05, 0.1) is 39.6 Å². The van der Waals surface area contributed by atoms with Crippen LogP contribution in [0.15, 0.2) is 78.9 Å². The highest BCUT2D eigenvalue weighted by Gasteiger charge is 2.35. The number of imide groups is 1. The molecule has 0 bridgehead atoms. The van der Waals surface area contributed by atoms with Gasteiger partial charge in [0.1, 0.15) is 12.8 Å². The number of hydrogen-bond acceptors (Lipinski definition) is 5. The maximum atomic E-state index is 13.8. The van der Waals surface area contributed by atoms with Crippen molar-refractivity contribution in [1.82, 2.24) is 4.90 Å². The van der Waals surface area contributed by atoms with E-state index in [2.05, 4.69) is 0 Å². The Morgan fingerprint density at radius 3 is 2.02 bits per heavy atom. The number of aromatic nitrogens is 1. The molecule has 0 aliphatic carbocycles. The monoisotopic (exact) mass is 545 g/mol. The second kappa shape index (κ2) is 9.67. The highest BCUT2D eigenvalue weighted by atomic mass is 16.5. The van der Waals surface area contributed by atoms with E-state index in [4.69, 9.17) is 4.74 Å². The van der Waals surface area contributed by atoms with Gasteiger partial charge in [0.25, 0.3) is 11.8 Å². The molecule has 0 atom stereocenters. The number of amides is 2. The molecule has 4 aromatic carbocycles.